The molecule has 0 unspecified atom stereocenters. The van der Waals surface area contributed by atoms with Crippen LogP contribution in [0.2, 0.25) is 5.02 Å². The van der Waals surface area contributed by atoms with E-state index >= 15 is 0 Å². The predicted octanol–water partition coefficient (Wildman–Crippen LogP) is 5.82. The third kappa shape index (κ3) is 4.89. The van der Waals surface area contributed by atoms with Gasteiger partial charge in [-0.1, -0.05) is 41.9 Å². The number of methoxy groups -OCH3 is 1. The zero-order valence-corrected chi connectivity index (χ0v) is 15.4. The first-order valence-electron chi connectivity index (χ1n) is 8.29. The van der Waals surface area contributed by atoms with Gasteiger partial charge in [-0.05, 0) is 35.4 Å². The second-order valence-electron chi connectivity index (χ2n) is 5.86. The zero-order valence-electron chi connectivity index (χ0n) is 14.6. The summed E-state index contributed by atoms with van der Waals surface area (Å²) in [6, 6.07) is 16.6. The van der Waals surface area contributed by atoms with E-state index in [9.17, 15) is 8.78 Å². The second-order valence-corrected chi connectivity index (χ2v) is 6.27. The van der Waals surface area contributed by atoms with Crippen molar-refractivity contribution in [2.24, 2.45) is 0 Å². The van der Waals surface area contributed by atoms with E-state index in [4.69, 9.17) is 21.1 Å². The number of hydrogen-bond donors (Lipinski definition) is 1. The molecule has 0 heterocycles. The fraction of sp³-hybridized carbons (Fsp3) is 0.143. The van der Waals surface area contributed by atoms with E-state index in [-0.39, 0.29) is 12.2 Å². The Morgan fingerprint density at radius 3 is 2.44 bits per heavy atom. The van der Waals surface area contributed by atoms with Crippen LogP contribution < -0.4 is 14.8 Å². The fourth-order valence-corrected chi connectivity index (χ4v) is 2.86. The van der Waals surface area contributed by atoms with E-state index in [0.29, 0.717) is 23.1 Å². The molecule has 0 aliphatic heterocycles. The van der Waals surface area contributed by atoms with E-state index in [1.54, 1.807) is 12.1 Å². The largest absolute Gasteiger partial charge is 0.493 e. The van der Waals surface area contributed by atoms with Crippen molar-refractivity contribution in [3.63, 3.8) is 0 Å². The summed E-state index contributed by atoms with van der Waals surface area (Å²) >= 11 is 6.36. The molecule has 0 saturated heterocycles. The minimum Gasteiger partial charge on any atom is -0.493 e. The van der Waals surface area contributed by atoms with Gasteiger partial charge in [0.15, 0.2) is 11.5 Å². The molecule has 0 aliphatic carbocycles. The van der Waals surface area contributed by atoms with Gasteiger partial charge in [-0.25, -0.2) is 8.78 Å². The topological polar surface area (TPSA) is 30.5 Å². The molecule has 27 heavy (non-hydrogen) atoms. The third-order valence-corrected chi connectivity index (χ3v) is 4.21. The van der Waals surface area contributed by atoms with Gasteiger partial charge in [0.25, 0.3) is 0 Å². The van der Waals surface area contributed by atoms with E-state index in [2.05, 4.69) is 5.32 Å². The smallest absolute Gasteiger partial charge is 0.180 e. The minimum absolute atomic E-state index is 0.205. The molecule has 3 nitrogen and oxygen atoms in total. The van der Waals surface area contributed by atoms with Crippen molar-refractivity contribution in [3.8, 4) is 11.5 Å². The second kappa shape index (κ2) is 8.73. The van der Waals surface area contributed by atoms with Crippen molar-refractivity contribution in [2.45, 2.75) is 13.2 Å². The summed E-state index contributed by atoms with van der Waals surface area (Å²) in [5, 5.41) is 3.31. The highest BCUT2D eigenvalue weighted by molar-refractivity contribution is 6.32. The summed E-state index contributed by atoms with van der Waals surface area (Å²) in [6.07, 6.45) is 0. The van der Waals surface area contributed by atoms with Crippen LogP contribution in [0.4, 0.5) is 14.5 Å². The number of halogens is 3. The first kappa shape index (κ1) is 19.0. The lowest BCUT2D eigenvalue weighted by atomic mass is 10.2. The van der Waals surface area contributed by atoms with Crippen molar-refractivity contribution in [3.05, 3.63) is 88.4 Å². The molecule has 140 valence electrons. The maximum atomic E-state index is 13.7. The monoisotopic (exact) mass is 389 g/mol. The Morgan fingerprint density at radius 2 is 1.74 bits per heavy atom. The molecule has 0 amide bonds. The molecule has 0 aromatic heterocycles. The van der Waals surface area contributed by atoms with Crippen molar-refractivity contribution < 1.29 is 18.3 Å². The van der Waals surface area contributed by atoms with Crippen LogP contribution >= 0.6 is 11.6 Å². The molecule has 3 rings (SSSR count). The summed E-state index contributed by atoms with van der Waals surface area (Å²) in [4.78, 5) is 0. The average molecular weight is 390 g/mol. The normalized spacial score (nSPS) is 10.5. The van der Waals surface area contributed by atoms with Crippen LogP contribution in [-0.4, -0.2) is 7.11 Å². The highest BCUT2D eigenvalue weighted by Crippen LogP contribution is 2.37. The predicted molar refractivity (Wildman–Crippen MR) is 102 cm³/mol. The van der Waals surface area contributed by atoms with Gasteiger partial charge >= 0.3 is 0 Å². The van der Waals surface area contributed by atoms with Crippen molar-refractivity contribution in [1.29, 1.82) is 0 Å². The van der Waals surface area contributed by atoms with E-state index < -0.39 is 11.6 Å². The molecule has 3 aromatic rings. The molecule has 0 radical (unpaired) electrons. The molecule has 1 N–H and O–H groups in total. The molecule has 0 spiro atoms. The molecule has 6 heteroatoms. The van der Waals surface area contributed by atoms with Gasteiger partial charge < -0.3 is 14.8 Å². The number of benzene rings is 3. The van der Waals surface area contributed by atoms with Crippen LogP contribution in [0.5, 0.6) is 11.5 Å². The van der Waals surface area contributed by atoms with Gasteiger partial charge in [-0.2, -0.15) is 0 Å². The summed E-state index contributed by atoms with van der Waals surface area (Å²) in [7, 11) is 1.53. The van der Waals surface area contributed by atoms with Crippen molar-refractivity contribution >= 4 is 17.3 Å². The SMILES string of the molecule is COc1cc(CNc2ccc(F)cc2F)cc(Cl)c1OCc1ccccc1. The van der Waals surface area contributed by atoms with Crippen LogP contribution in [-0.2, 0) is 13.2 Å². The number of ether oxygens (including phenoxy) is 2. The highest BCUT2D eigenvalue weighted by Gasteiger charge is 2.13. The Kier molecular flexibility index (Phi) is 6.14. The van der Waals surface area contributed by atoms with E-state index in [0.717, 1.165) is 17.2 Å². The van der Waals surface area contributed by atoms with Crippen LogP contribution in [0.3, 0.4) is 0 Å². The lowest BCUT2D eigenvalue weighted by molar-refractivity contribution is 0.284. The number of hydrogen-bond acceptors (Lipinski definition) is 3. The van der Waals surface area contributed by atoms with Gasteiger partial charge in [-0.15, -0.1) is 0 Å². The Hall–Kier alpha value is -2.79. The van der Waals surface area contributed by atoms with Crippen LogP contribution in [0.25, 0.3) is 0 Å². The van der Waals surface area contributed by atoms with Gasteiger partial charge in [0.2, 0.25) is 0 Å². The van der Waals surface area contributed by atoms with Gasteiger partial charge in [0.1, 0.15) is 18.2 Å². The average Bonchev–Trinajstić information content (AvgIpc) is 2.67. The van der Waals surface area contributed by atoms with Crippen molar-refractivity contribution in [1.82, 2.24) is 0 Å². The first-order chi connectivity index (χ1) is 13.1. The quantitative estimate of drug-likeness (QED) is 0.552. The standard InChI is InChI=1S/C21H18ClF2NO2/c1-26-20-10-15(12-25-19-8-7-16(23)11-18(19)24)9-17(22)21(20)27-13-14-5-3-2-4-6-14/h2-11,25H,12-13H2,1H3. The Balaban J connectivity index is 1.73. The highest BCUT2D eigenvalue weighted by atomic mass is 35.5. The molecule has 0 aliphatic rings. The molecule has 0 bridgehead atoms. The van der Waals surface area contributed by atoms with Crippen LogP contribution in [0.15, 0.2) is 60.7 Å². The lowest BCUT2D eigenvalue weighted by Crippen LogP contribution is -2.04. The Morgan fingerprint density at radius 1 is 0.963 bits per heavy atom. The van der Waals surface area contributed by atoms with Gasteiger partial charge in [0.05, 0.1) is 17.8 Å². The Bertz CT molecular complexity index is 920. The molecule has 0 saturated carbocycles. The first-order valence-corrected chi connectivity index (χ1v) is 8.66. The number of anilines is 1. The van der Waals surface area contributed by atoms with E-state index in [1.807, 2.05) is 30.3 Å². The molecule has 0 atom stereocenters. The van der Waals surface area contributed by atoms with Gasteiger partial charge in [-0.3, -0.25) is 0 Å². The van der Waals surface area contributed by atoms with Crippen molar-refractivity contribution in [2.75, 3.05) is 12.4 Å². The third-order valence-electron chi connectivity index (χ3n) is 3.93. The van der Waals surface area contributed by atoms with Crippen LogP contribution in [0, 0.1) is 11.6 Å². The molecule has 0 fully saturated rings. The maximum absolute atomic E-state index is 13.7. The maximum Gasteiger partial charge on any atom is 0.180 e. The lowest BCUT2D eigenvalue weighted by Gasteiger charge is -2.15. The number of nitrogens with one attached hydrogen (secondary N) is 1. The summed E-state index contributed by atoms with van der Waals surface area (Å²) < 4.78 is 37.9. The van der Waals surface area contributed by atoms with Crippen LogP contribution in [0.1, 0.15) is 11.1 Å². The zero-order chi connectivity index (χ0) is 19.2. The summed E-state index contributed by atoms with van der Waals surface area (Å²) in [6.45, 7) is 0.646. The van der Waals surface area contributed by atoms with Gasteiger partial charge in [0, 0.05) is 12.6 Å². The minimum atomic E-state index is -0.657. The molecule has 3 aromatic carbocycles. The Labute approximate surface area is 161 Å². The number of rotatable bonds is 7. The summed E-state index contributed by atoms with van der Waals surface area (Å²) in [5.74, 6) is -0.354. The molecular weight excluding hydrogens is 372 g/mol. The fourth-order valence-electron chi connectivity index (χ4n) is 2.58. The summed E-state index contributed by atoms with van der Waals surface area (Å²) in [5.41, 5.74) is 1.98. The molecular formula is C21H18ClF2NO2. The van der Waals surface area contributed by atoms with E-state index in [1.165, 1.54) is 19.2 Å².